The van der Waals surface area contributed by atoms with E-state index >= 15 is 0 Å². The lowest BCUT2D eigenvalue weighted by molar-refractivity contribution is 0.0950. The Bertz CT molecular complexity index is 1180. The van der Waals surface area contributed by atoms with E-state index in [1.807, 2.05) is 24.3 Å². The van der Waals surface area contributed by atoms with Crippen LogP contribution in [0.3, 0.4) is 0 Å². The van der Waals surface area contributed by atoms with E-state index in [0.29, 0.717) is 23.6 Å². The second kappa shape index (κ2) is 10.8. The fourth-order valence-corrected chi connectivity index (χ4v) is 6.45. The van der Waals surface area contributed by atoms with Gasteiger partial charge in [0.2, 0.25) is 10.3 Å². The molecule has 1 aromatic rings. The number of carbonyl (C=O) groups is 1. The SMILES string of the molecule is CCCCS(=O)(=O)c1ccccc1C(=O)NN.CN1CS(=O)C2=C1CC(=S(=O)=O)C=C2. The number of carbonyl (C=O) groups excluding carboxylic acids is 1. The van der Waals surface area contributed by atoms with E-state index in [4.69, 9.17) is 5.84 Å². The number of nitrogens with one attached hydrogen (secondary N) is 1. The fourth-order valence-electron chi connectivity index (χ4n) is 2.99. The van der Waals surface area contributed by atoms with Gasteiger partial charge in [0, 0.05) is 19.2 Å². The fraction of sp³-hybridized carbons (Fsp3) is 0.368. The molecule has 0 saturated heterocycles. The summed E-state index contributed by atoms with van der Waals surface area (Å²) in [5, 5.41) is 0. The zero-order valence-corrected chi connectivity index (χ0v) is 19.6. The van der Waals surface area contributed by atoms with Crippen LogP contribution in [0.25, 0.3) is 0 Å². The zero-order valence-electron chi connectivity index (χ0n) is 17.2. The van der Waals surface area contributed by atoms with Crippen molar-refractivity contribution in [3.8, 4) is 0 Å². The molecule has 31 heavy (non-hydrogen) atoms. The van der Waals surface area contributed by atoms with Crippen molar-refractivity contribution in [2.24, 2.45) is 5.84 Å². The number of rotatable bonds is 5. The Labute approximate surface area is 185 Å². The van der Waals surface area contributed by atoms with Crippen LogP contribution in [0.15, 0.2) is 51.9 Å². The molecule has 1 amide bonds. The van der Waals surface area contributed by atoms with Crippen molar-refractivity contribution < 1.29 is 25.8 Å². The predicted molar refractivity (Wildman–Crippen MR) is 121 cm³/mol. The van der Waals surface area contributed by atoms with Gasteiger partial charge >= 0.3 is 0 Å². The standard InChI is InChI=1S/C11H16N2O3S.C8H9NO3S2/c1-2-3-8-17(15,16)10-7-5-4-6-9(10)11(14)13-12;1-9-5-13(10)8-3-2-6(14(11)12)4-7(8)9/h4-7H,2-3,8,12H2,1H3,(H,13,14);2-3H,4-5H2,1H3. The lowest BCUT2D eigenvalue weighted by atomic mass is 10.1. The van der Waals surface area contributed by atoms with Crippen molar-refractivity contribution in [3.63, 3.8) is 0 Å². The number of hydrogen-bond acceptors (Lipinski definition) is 8. The van der Waals surface area contributed by atoms with E-state index in [2.05, 4.69) is 0 Å². The number of nitrogen functional groups attached to an aromatic ring is 1. The highest BCUT2D eigenvalue weighted by Gasteiger charge is 2.27. The highest BCUT2D eigenvalue weighted by molar-refractivity contribution is 7.91. The summed E-state index contributed by atoms with van der Waals surface area (Å²) in [6, 6.07) is 6.06. The molecule has 9 nitrogen and oxygen atoms in total. The second-order valence-electron chi connectivity index (χ2n) is 6.84. The maximum Gasteiger partial charge on any atom is 0.266 e. The molecule has 0 fully saturated rings. The molecule has 12 heteroatoms. The van der Waals surface area contributed by atoms with Crippen molar-refractivity contribution in [2.75, 3.05) is 18.7 Å². The van der Waals surface area contributed by atoms with Gasteiger partial charge in [-0.15, -0.1) is 0 Å². The quantitative estimate of drug-likeness (QED) is 0.268. The van der Waals surface area contributed by atoms with Gasteiger partial charge in [-0.25, -0.2) is 14.3 Å². The Morgan fingerprint density at radius 3 is 2.55 bits per heavy atom. The van der Waals surface area contributed by atoms with Crippen molar-refractivity contribution in [3.05, 3.63) is 52.6 Å². The number of amides is 1. The third-order valence-electron chi connectivity index (χ3n) is 4.64. The Morgan fingerprint density at radius 2 is 1.94 bits per heavy atom. The van der Waals surface area contributed by atoms with Crippen LogP contribution in [0.4, 0.5) is 0 Å². The minimum Gasteiger partial charge on any atom is -0.364 e. The molecule has 1 aliphatic carbocycles. The van der Waals surface area contributed by atoms with E-state index in [1.165, 1.54) is 18.2 Å². The van der Waals surface area contributed by atoms with Crippen LogP contribution in [0.1, 0.15) is 36.5 Å². The number of sulfone groups is 1. The molecule has 0 bridgehead atoms. The first-order chi connectivity index (χ1) is 14.6. The van der Waals surface area contributed by atoms with Crippen LogP contribution in [0.5, 0.6) is 0 Å². The minimum absolute atomic E-state index is 0.0383. The largest absolute Gasteiger partial charge is 0.364 e. The number of unbranched alkanes of at least 4 members (excludes halogenated alkanes) is 1. The Morgan fingerprint density at radius 1 is 1.26 bits per heavy atom. The van der Waals surface area contributed by atoms with E-state index in [1.54, 1.807) is 18.2 Å². The molecular weight excluding hydrogens is 462 g/mol. The smallest absolute Gasteiger partial charge is 0.266 e. The van der Waals surface area contributed by atoms with E-state index < -0.39 is 36.8 Å². The van der Waals surface area contributed by atoms with Gasteiger partial charge in [-0.3, -0.25) is 14.4 Å². The lowest BCUT2D eigenvalue weighted by Gasteiger charge is -2.15. The Hall–Kier alpha value is -2.28. The van der Waals surface area contributed by atoms with Gasteiger partial charge in [-0.05, 0) is 30.7 Å². The molecule has 1 atom stereocenters. The van der Waals surface area contributed by atoms with Crippen molar-refractivity contribution in [1.82, 2.24) is 10.3 Å². The average molecular weight is 488 g/mol. The maximum atomic E-state index is 12.0. The molecule has 1 heterocycles. The second-order valence-corrected chi connectivity index (χ2v) is 11.3. The third-order valence-corrected chi connectivity index (χ3v) is 8.69. The molecule has 0 spiro atoms. The summed E-state index contributed by atoms with van der Waals surface area (Å²) in [4.78, 5) is 14.5. The number of hydrazine groups is 1. The Kier molecular flexibility index (Phi) is 8.74. The molecule has 1 unspecified atom stereocenters. The van der Waals surface area contributed by atoms with Crippen LogP contribution in [-0.2, 0) is 30.9 Å². The number of nitrogens with two attached hydrogens (primary N) is 1. The lowest BCUT2D eigenvalue weighted by Crippen LogP contribution is -2.31. The minimum atomic E-state index is -3.42. The van der Waals surface area contributed by atoms with Crippen molar-refractivity contribution in [2.45, 2.75) is 31.1 Å². The van der Waals surface area contributed by atoms with Gasteiger partial charge in [-0.1, -0.05) is 25.5 Å². The van der Waals surface area contributed by atoms with E-state index in [0.717, 1.165) is 17.0 Å². The highest BCUT2D eigenvalue weighted by atomic mass is 32.2. The first-order valence-electron chi connectivity index (χ1n) is 9.41. The summed E-state index contributed by atoms with van der Waals surface area (Å²) in [7, 11) is -4.76. The summed E-state index contributed by atoms with van der Waals surface area (Å²) in [6.07, 6.45) is 4.89. The molecule has 3 N–H and O–H groups in total. The molecule has 2 aliphatic rings. The Balaban J connectivity index is 0.000000224. The average Bonchev–Trinajstić information content (AvgIpc) is 3.05. The summed E-state index contributed by atoms with van der Waals surface area (Å²) in [5.41, 5.74) is 2.90. The molecule has 3 rings (SSSR count). The summed E-state index contributed by atoms with van der Waals surface area (Å²) >= 11 is 0. The molecular formula is C19H25N3O6S3. The third kappa shape index (κ3) is 6.12. The van der Waals surface area contributed by atoms with Gasteiger partial charge < -0.3 is 4.90 Å². The molecule has 0 aromatic heterocycles. The van der Waals surface area contributed by atoms with Crippen LogP contribution in [0.2, 0.25) is 0 Å². The van der Waals surface area contributed by atoms with Crippen LogP contribution in [0, 0.1) is 0 Å². The van der Waals surface area contributed by atoms with Crippen molar-refractivity contribution >= 4 is 41.7 Å². The number of allylic oxidation sites excluding steroid dienone is 3. The molecule has 0 saturated carbocycles. The topological polar surface area (TPSA) is 144 Å². The van der Waals surface area contributed by atoms with Gasteiger partial charge in [0.05, 0.1) is 42.7 Å². The normalized spacial score (nSPS) is 17.7. The van der Waals surface area contributed by atoms with Gasteiger partial charge in [0.25, 0.3) is 5.91 Å². The van der Waals surface area contributed by atoms with Gasteiger partial charge in [0.15, 0.2) is 9.84 Å². The molecule has 170 valence electrons. The zero-order chi connectivity index (χ0) is 23.2. The number of benzene rings is 1. The summed E-state index contributed by atoms with van der Waals surface area (Å²) < 4.78 is 57.0. The predicted octanol–water partition coefficient (Wildman–Crippen LogP) is 0.725. The first-order valence-corrected chi connectivity index (χ1v) is 13.5. The van der Waals surface area contributed by atoms with E-state index in [9.17, 15) is 25.8 Å². The van der Waals surface area contributed by atoms with Crippen LogP contribution >= 0.6 is 0 Å². The highest BCUT2D eigenvalue weighted by Crippen LogP contribution is 2.28. The first kappa shape index (κ1) is 25.0. The summed E-state index contributed by atoms with van der Waals surface area (Å²) in [6.45, 7) is 1.91. The van der Waals surface area contributed by atoms with Gasteiger partial charge in [-0.2, -0.15) is 8.42 Å². The van der Waals surface area contributed by atoms with Crippen LogP contribution in [-0.4, -0.2) is 55.4 Å². The van der Waals surface area contributed by atoms with Crippen LogP contribution < -0.4 is 11.3 Å². The van der Waals surface area contributed by atoms with E-state index in [-0.39, 0.29) is 16.2 Å². The van der Waals surface area contributed by atoms with Crippen molar-refractivity contribution in [1.29, 1.82) is 0 Å². The number of hydrogen-bond donors (Lipinski definition) is 2. The molecule has 0 radical (unpaired) electrons. The molecule has 1 aliphatic heterocycles. The van der Waals surface area contributed by atoms with Gasteiger partial charge in [0.1, 0.15) is 0 Å². The monoisotopic (exact) mass is 487 g/mol. The maximum absolute atomic E-state index is 12.0. The number of nitrogens with zero attached hydrogens (tertiary/aromatic N) is 1. The summed E-state index contributed by atoms with van der Waals surface area (Å²) in [5.74, 6) is 4.93. The molecule has 1 aromatic carbocycles.